The molecule has 0 saturated heterocycles. The molecule has 0 fully saturated rings. The molecule has 0 saturated carbocycles. The Morgan fingerprint density at radius 2 is 2.19 bits per heavy atom. The Kier molecular flexibility index (Phi) is 5.40. The number of carbonyl (C=O) groups excluding carboxylic acids is 1. The molecule has 0 amide bonds. The molecule has 0 heterocycles. The van der Waals surface area contributed by atoms with Gasteiger partial charge in [0.15, 0.2) is 5.78 Å². The summed E-state index contributed by atoms with van der Waals surface area (Å²) in [6, 6.07) is 4.02. The van der Waals surface area contributed by atoms with Gasteiger partial charge >= 0.3 is 6.61 Å². The van der Waals surface area contributed by atoms with Crippen LogP contribution in [-0.4, -0.2) is 16.8 Å². The Balaban J connectivity index is 3.02. The summed E-state index contributed by atoms with van der Waals surface area (Å²) in [5.74, 6) is -0.387. The first kappa shape index (κ1) is 13.6. The fraction of sp³-hybridized carbons (Fsp3) is 0.300. The maximum absolute atomic E-state index is 12.1. The highest BCUT2D eigenvalue weighted by Gasteiger charge is 2.15. The van der Waals surface area contributed by atoms with Crippen molar-refractivity contribution in [3.05, 3.63) is 28.8 Å². The van der Waals surface area contributed by atoms with Crippen LogP contribution in [-0.2, 0) is 0 Å². The number of Topliss-reactive ketones (excluding diaryl/α,β-unsaturated/α-hetero) is 1. The van der Waals surface area contributed by atoms with Gasteiger partial charge in [-0.2, -0.15) is 8.78 Å². The molecule has 6 heteroatoms. The van der Waals surface area contributed by atoms with E-state index in [1.54, 1.807) is 0 Å². The van der Waals surface area contributed by atoms with Gasteiger partial charge in [0.2, 0.25) is 0 Å². The molecule has 0 radical (unpaired) electrons. The molecule has 1 aromatic rings. The van der Waals surface area contributed by atoms with E-state index in [4.69, 9.17) is 11.6 Å². The Bertz CT molecular complexity index is 385. The van der Waals surface area contributed by atoms with E-state index in [1.165, 1.54) is 18.2 Å². The number of hydrogen-bond acceptors (Lipinski definition) is 2. The van der Waals surface area contributed by atoms with E-state index in [1.807, 2.05) is 22.6 Å². The summed E-state index contributed by atoms with van der Waals surface area (Å²) in [6.07, 6.45) is 0.264. The van der Waals surface area contributed by atoms with Crippen molar-refractivity contribution >= 4 is 40.0 Å². The number of carbonyl (C=O) groups is 1. The maximum Gasteiger partial charge on any atom is 0.387 e. The van der Waals surface area contributed by atoms with Gasteiger partial charge in [0.25, 0.3) is 0 Å². The van der Waals surface area contributed by atoms with Gasteiger partial charge in [-0.3, -0.25) is 4.79 Å². The first-order valence-corrected chi connectivity index (χ1v) is 6.28. The smallest absolute Gasteiger partial charge is 0.387 e. The Hall–Kier alpha value is -0.430. The minimum absolute atomic E-state index is 0.101. The first-order chi connectivity index (χ1) is 7.54. The quantitative estimate of drug-likeness (QED) is 0.451. The fourth-order valence-corrected chi connectivity index (χ4v) is 1.80. The third-order valence-electron chi connectivity index (χ3n) is 1.78. The van der Waals surface area contributed by atoms with Crippen LogP contribution in [0.2, 0.25) is 5.02 Å². The molecule has 0 atom stereocenters. The number of benzene rings is 1. The third kappa shape index (κ3) is 3.86. The molecule has 1 aromatic carbocycles. The molecular weight excluding hydrogens is 352 g/mol. The number of alkyl halides is 3. The highest BCUT2D eigenvalue weighted by atomic mass is 127. The van der Waals surface area contributed by atoms with Crippen molar-refractivity contribution in [3.8, 4) is 5.75 Å². The van der Waals surface area contributed by atoms with E-state index >= 15 is 0 Å². The summed E-state index contributed by atoms with van der Waals surface area (Å²) in [5, 5.41) is 0.318. The zero-order valence-electron chi connectivity index (χ0n) is 8.05. The van der Waals surface area contributed by atoms with Crippen LogP contribution < -0.4 is 4.74 Å². The van der Waals surface area contributed by atoms with Crippen LogP contribution in [0.3, 0.4) is 0 Å². The summed E-state index contributed by atoms with van der Waals surface area (Å²) in [5.41, 5.74) is 0.101. The normalized spacial score (nSPS) is 10.6. The molecule has 0 unspecified atom stereocenters. The average molecular weight is 361 g/mol. The van der Waals surface area contributed by atoms with E-state index < -0.39 is 6.61 Å². The van der Waals surface area contributed by atoms with Crippen molar-refractivity contribution in [3.63, 3.8) is 0 Å². The zero-order valence-corrected chi connectivity index (χ0v) is 11.0. The number of hydrogen-bond donors (Lipinski definition) is 0. The van der Waals surface area contributed by atoms with Gasteiger partial charge in [-0.25, -0.2) is 0 Å². The molecule has 0 aliphatic carbocycles. The molecule has 0 spiro atoms. The van der Waals surface area contributed by atoms with Crippen LogP contribution in [0.25, 0.3) is 0 Å². The predicted octanol–water partition coefficient (Wildman–Crippen LogP) is 3.95. The first-order valence-electron chi connectivity index (χ1n) is 4.38. The zero-order chi connectivity index (χ0) is 12.1. The van der Waals surface area contributed by atoms with Crippen LogP contribution in [0.15, 0.2) is 18.2 Å². The van der Waals surface area contributed by atoms with Crippen LogP contribution in [0.4, 0.5) is 8.78 Å². The summed E-state index contributed by atoms with van der Waals surface area (Å²) < 4.78 is 29.0. The van der Waals surface area contributed by atoms with E-state index in [2.05, 4.69) is 4.74 Å². The van der Waals surface area contributed by atoms with Gasteiger partial charge in [-0.05, 0) is 18.2 Å². The number of halogens is 4. The SMILES string of the molecule is O=C(CCI)c1cc(Cl)ccc1OC(F)F. The molecule has 88 valence electrons. The fourth-order valence-electron chi connectivity index (χ4n) is 1.14. The number of ether oxygens (including phenoxy) is 1. The van der Waals surface area contributed by atoms with Crippen molar-refractivity contribution in [2.24, 2.45) is 0 Å². The molecule has 1 rings (SSSR count). The Labute approximate surface area is 110 Å². The standard InChI is InChI=1S/C10H8ClF2IO2/c11-6-1-2-9(16-10(12)13)7(5-6)8(15)3-4-14/h1-2,5,10H,3-4H2. The van der Waals surface area contributed by atoms with Gasteiger partial charge in [0, 0.05) is 15.9 Å². The lowest BCUT2D eigenvalue weighted by atomic mass is 10.1. The van der Waals surface area contributed by atoms with Gasteiger partial charge in [0.05, 0.1) is 5.56 Å². The Morgan fingerprint density at radius 3 is 2.75 bits per heavy atom. The van der Waals surface area contributed by atoms with Crippen molar-refractivity contribution in [2.45, 2.75) is 13.0 Å². The van der Waals surface area contributed by atoms with Gasteiger partial charge < -0.3 is 4.74 Å². The van der Waals surface area contributed by atoms with Crippen LogP contribution in [0.1, 0.15) is 16.8 Å². The van der Waals surface area contributed by atoms with E-state index in [-0.39, 0.29) is 23.5 Å². The summed E-state index contributed by atoms with van der Waals surface area (Å²) >= 11 is 7.73. The Morgan fingerprint density at radius 1 is 1.50 bits per heavy atom. The molecule has 0 aliphatic rings. The minimum atomic E-state index is -2.95. The second-order valence-corrected chi connectivity index (χ2v) is 4.40. The lowest BCUT2D eigenvalue weighted by Gasteiger charge is -2.09. The van der Waals surface area contributed by atoms with E-state index in [0.29, 0.717) is 9.45 Å². The highest BCUT2D eigenvalue weighted by molar-refractivity contribution is 14.1. The largest absolute Gasteiger partial charge is 0.434 e. The second-order valence-electron chi connectivity index (χ2n) is 2.88. The van der Waals surface area contributed by atoms with Gasteiger partial charge in [-0.15, -0.1) is 0 Å². The topological polar surface area (TPSA) is 26.3 Å². The van der Waals surface area contributed by atoms with Crippen LogP contribution in [0, 0.1) is 0 Å². The third-order valence-corrected chi connectivity index (χ3v) is 2.55. The molecule has 2 nitrogen and oxygen atoms in total. The molecule has 16 heavy (non-hydrogen) atoms. The summed E-state index contributed by atoms with van der Waals surface area (Å²) in [7, 11) is 0. The van der Waals surface area contributed by atoms with Gasteiger partial charge in [0.1, 0.15) is 5.75 Å². The number of ketones is 1. The summed E-state index contributed by atoms with van der Waals surface area (Å²) in [4.78, 5) is 11.6. The van der Waals surface area contributed by atoms with Crippen molar-refractivity contribution < 1.29 is 18.3 Å². The maximum atomic E-state index is 12.1. The summed E-state index contributed by atoms with van der Waals surface area (Å²) in [6.45, 7) is -2.95. The molecular formula is C10H8ClF2IO2. The van der Waals surface area contributed by atoms with Gasteiger partial charge in [-0.1, -0.05) is 34.2 Å². The average Bonchev–Trinajstić information content (AvgIpc) is 2.20. The highest BCUT2D eigenvalue weighted by Crippen LogP contribution is 2.25. The van der Waals surface area contributed by atoms with Crippen LogP contribution >= 0.6 is 34.2 Å². The monoisotopic (exact) mass is 360 g/mol. The minimum Gasteiger partial charge on any atom is -0.434 e. The van der Waals surface area contributed by atoms with E-state index in [0.717, 1.165) is 0 Å². The lowest BCUT2D eigenvalue weighted by Crippen LogP contribution is -2.08. The van der Waals surface area contributed by atoms with Crippen molar-refractivity contribution in [1.82, 2.24) is 0 Å². The second kappa shape index (κ2) is 6.34. The molecule has 0 aliphatic heterocycles. The molecule has 0 bridgehead atoms. The van der Waals surface area contributed by atoms with Crippen LogP contribution in [0.5, 0.6) is 5.75 Å². The van der Waals surface area contributed by atoms with E-state index in [9.17, 15) is 13.6 Å². The lowest BCUT2D eigenvalue weighted by molar-refractivity contribution is -0.0501. The molecule has 0 aromatic heterocycles. The molecule has 0 N–H and O–H groups in total. The number of rotatable bonds is 5. The van der Waals surface area contributed by atoms with Crippen molar-refractivity contribution in [1.29, 1.82) is 0 Å². The van der Waals surface area contributed by atoms with Crippen molar-refractivity contribution in [2.75, 3.05) is 4.43 Å². The predicted molar refractivity (Wildman–Crippen MR) is 65.9 cm³/mol.